The van der Waals surface area contributed by atoms with Crippen molar-refractivity contribution >= 4 is 33.5 Å². The number of fused-ring (bicyclic) bond motifs is 2. The Morgan fingerprint density at radius 2 is 1.68 bits per heavy atom. The van der Waals surface area contributed by atoms with Gasteiger partial charge in [0.1, 0.15) is 34.5 Å². The fourth-order valence-corrected chi connectivity index (χ4v) is 3.84. The van der Waals surface area contributed by atoms with E-state index in [9.17, 15) is 0 Å². The van der Waals surface area contributed by atoms with E-state index in [4.69, 9.17) is 9.26 Å². The summed E-state index contributed by atoms with van der Waals surface area (Å²) in [6.07, 6.45) is 1.46. The van der Waals surface area contributed by atoms with E-state index in [2.05, 4.69) is 31.5 Å². The summed E-state index contributed by atoms with van der Waals surface area (Å²) >= 11 is 0. The van der Waals surface area contributed by atoms with E-state index in [1.54, 1.807) is 0 Å². The molecule has 0 aliphatic carbocycles. The van der Waals surface area contributed by atoms with Crippen LogP contribution in [-0.4, -0.2) is 20.1 Å². The van der Waals surface area contributed by atoms with Crippen molar-refractivity contribution in [3.05, 3.63) is 97.0 Å². The lowest BCUT2D eigenvalue weighted by Crippen LogP contribution is -1.96. The molecule has 0 aliphatic rings. The van der Waals surface area contributed by atoms with E-state index in [-0.39, 0.29) is 0 Å². The molecule has 0 radical (unpaired) electrons. The lowest BCUT2D eigenvalue weighted by molar-refractivity contribution is 0.451. The maximum Gasteiger partial charge on any atom is 0.263 e. The molecule has 0 unspecified atom stereocenters. The van der Waals surface area contributed by atoms with Crippen molar-refractivity contribution in [3.8, 4) is 22.8 Å². The third-order valence-electron chi connectivity index (χ3n) is 5.49. The van der Waals surface area contributed by atoms with Gasteiger partial charge in [-0.15, -0.1) is 0 Å². The Kier molecular flexibility index (Phi) is 4.85. The van der Waals surface area contributed by atoms with Gasteiger partial charge in [0, 0.05) is 22.3 Å². The highest BCUT2D eigenvalue weighted by Gasteiger charge is 2.17. The number of benzene rings is 3. The van der Waals surface area contributed by atoms with Crippen LogP contribution in [0.25, 0.3) is 33.3 Å². The number of nitrogens with one attached hydrogen (secondary N) is 1. The quantitative estimate of drug-likeness (QED) is 0.317. The first-order valence-electron chi connectivity index (χ1n) is 10.8. The summed E-state index contributed by atoms with van der Waals surface area (Å²) < 4.78 is 11.6. The van der Waals surface area contributed by atoms with E-state index in [0.29, 0.717) is 23.0 Å². The molecule has 6 rings (SSSR count). The molecule has 0 fully saturated rings. The molecule has 0 saturated carbocycles. The number of nitrogens with zero attached hydrogens (tertiary/aromatic N) is 4. The first-order chi connectivity index (χ1) is 16.7. The second kappa shape index (κ2) is 8.29. The van der Waals surface area contributed by atoms with E-state index in [0.717, 1.165) is 39.0 Å². The van der Waals surface area contributed by atoms with Crippen LogP contribution in [0.15, 0.2) is 95.8 Å². The number of aryl methyl sites for hydroxylation is 1. The normalized spacial score (nSPS) is 11.1. The van der Waals surface area contributed by atoms with E-state index in [1.165, 1.54) is 6.33 Å². The fourth-order valence-electron chi connectivity index (χ4n) is 3.84. The van der Waals surface area contributed by atoms with Crippen LogP contribution in [0.2, 0.25) is 0 Å². The van der Waals surface area contributed by atoms with Gasteiger partial charge in [0.25, 0.3) is 5.71 Å². The van der Waals surface area contributed by atoms with Crippen LogP contribution >= 0.6 is 0 Å². The van der Waals surface area contributed by atoms with Gasteiger partial charge in [0.15, 0.2) is 5.75 Å². The molecule has 3 heterocycles. The van der Waals surface area contributed by atoms with Gasteiger partial charge in [0.05, 0.1) is 0 Å². The molecule has 6 aromatic rings. The Hall–Kier alpha value is -4.78. The molecular formula is C27H19N5O2. The Morgan fingerprint density at radius 1 is 0.824 bits per heavy atom. The molecule has 0 bridgehead atoms. The predicted molar refractivity (Wildman–Crippen MR) is 131 cm³/mol. The van der Waals surface area contributed by atoms with Crippen LogP contribution in [0.3, 0.4) is 0 Å². The number of ether oxygens (including phenoxy) is 1. The van der Waals surface area contributed by atoms with Crippen molar-refractivity contribution in [2.45, 2.75) is 6.92 Å². The average molecular weight is 445 g/mol. The highest BCUT2D eigenvalue weighted by atomic mass is 16.5. The van der Waals surface area contributed by atoms with Gasteiger partial charge in [-0.05, 0) is 43.3 Å². The van der Waals surface area contributed by atoms with E-state index < -0.39 is 0 Å². The number of rotatable bonds is 5. The Balaban J connectivity index is 1.29. The largest absolute Gasteiger partial charge is 0.455 e. The molecule has 0 atom stereocenters. The van der Waals surface area contributed by atoms with Crippen molar-refractivity contribution in [2.75, 3.05) is 5.32 Å². The highest BCUT2D eigenvalue weighted by molar-refractivity contribution is 5.98. The Bertz CT molecular complexity index is 1610. The van der Waals surface area contributed by atoms with Crippen LogP contribution < -0.4 is 10.1 Å². The number of anilines is 2. The van der Waals surface area contributed by atoms with Gasteiger partial charge >= 0.3 is 0 Å². The molecule has 0 saturated heterocycles. The summed E-state index contributed by atoms with van der Waals surface area (Å²) in [7, 11) is 0. The van der Waals surface area contributed by atoms with Gasteiger partial charge in [-0.25, -0.2) is 9.97 Å². The first-order valence-corrected chi connectivity index (χ1v) is 10.8. The second-order valence-corrected chi connectivity index (χ2v) is 7.83. The Labute approximate surface area is 195 Å². The SMILES string of the molecule is Cc1ccc2cccc(Oc3ccc(Nc4ncnc5onc(-c6ccccc6)c45)cc3)c2n1. The number of aromatic nitrogens is 4. The fraction of sp³-hybridized carbons (Fsp3) is 0.0370. The monoisotopic (exact) mass is 445 g/mol. The van der Waals surface area contributed by atoms with Crippen LogP contribution in [0.4, 0.5) is 11.5 Å². The summed E-state index contributed by atoms with van der Waals surface area (Å²) in [6, 6.07) is 27.5. The van der Waals surface area contributed by atoms with Gasteiger partial charge in [-0.3, -0.25) is 0 Å². The standard InChI is InChI=1S/C27H19N5O2/c1-17-10-11-19-8-5-9-22(24(19)30-17)33-21-14-12-20(13-15-21)31-26-23-25(18-6-3-2-4-7-18)32-34-27(23)29-16-28-26/h2-16H,1H3,(H,28,29,31). The van der Waals surface area contributed by atoms with Crippen LogP contribution in [0, 0.1) is 6.92 Å². The number of hydrogen-bond acceptors (Lipinski definition) is 7. The number of hydrogen-bond donors (Lipinski definition) is 1. The van der Waals surface area contributed by atoms with Crippen LogP contribution in [-0.2, 0) is 0 Å². The zero-order valence-corrected chi connectivity index (χ0v) is 18.3. The molecule has 164 valence electrons. The molecule has 1 N–H and O–H groups in total. The number of pyridine rings is 1. The third kappa shape index (κ3) is 3.69. The minimum atomic E-state index is 0.426. The maximum atomic E-state index is 6.15. The topological polar surface area (TPSA) is 86.0 Å². The Morgan fingerprint density at radius 3 is 2.53 bits per heavy atom. The van der Waals surface area contributed by atoms with Crippen LogP contribution in [0.1, 0.15) is 5.69 Å². The maximum absolute atomic E-state index is 6.15. The minimum absolute atomic E-state index is 0.426. The summed E-state index contributed by atoms with van der Waals surface area (Å²) in [6.45, 7) is 1.97. The lowest BCUT2D eigenvalue weighted by Gasteiger charge is -2.11. The predicted octanol–water partition coefficient (Wildman–Crippen LogP) is 6.68. The molecule has 7 heteroatoms. The van der Waals surface area contributed by atoms with Gasteiger partial charge in [-0.2, -0.15) is 4.98 Å². The zero-order valence-electron chi connectivity index (χ0n) is 18.3. The lowest BCUT2D eigenvalue weighted by atomic mass is 10.1. The van der Waals surface area contributed by atoms with Crippen molar-refractivity contribution < 1.29 is 9.26 Å². The summed E-state index contributed by atoms with van der Waals surface area (Å²) in [5, 5.41) is 9.34. The average Bonchev–Trinajstić information content (AvgIpc) is 3.31. The summed E-state index contributed by atoms with van der Waals surface area (Å²) in [5.74, 6) is 2.05. The van der Waals surface area contributed by atoms with E-state index in [1.807, 2.05) is 85.8 Å². The molecular weight excluding hydrogens is 426 g/mol. The molecule has 0 spiro atoms. The van der Waals surface area contributed by atoms with Gasteiger partial charge < -0.3 is 14.6 Å². The smallest absolute Gasteiger partial charge is 0.263 e. The van der Waals surface area contributed by atoms with Crippen molar-refractivity contribution in [3.63, 3.8) is 0 Å². The van der Waals surface area contributed by atoms with Crippen molar-refractivity contribution in [2.24, 2.45) is 0 Å². The van der Waals surface area contributed by atoms with E-state index >= 15 is 0 Å². The second-order valence-electron chi connectivity index (χ2n) is 7.83. The molecule has 0 amide bonds. The number of para-hydroxylation sites is 1. The van der Waals surface area contributed by atoms with Crippen molar-refractivity contribution in [1.29, 1.82) is 0 Å². The molecule has 3 aromatic heterocycles. The molecule has 34 heavy (non-hydrogen) atoms. The summed E-state index contributed by atoms with van der Waals surface area (Å²) in [4.78, 5) is 13.3. The third-order valence-corrected chi connectivity index (χ3v) is 5.49. The van der Waals surface area contributed by atoms with Gasteiger partial charge in [-0.1, -0.05) is 53.7 Å². The summed E-state index contributed by atoms with van der Waals surface area (Å²) in [5.41, 5.74) is 4.69. The van der Waals surface area contributed by atoms with Crippen LogP contribution in [0.5, 0.6) is 11.5 Å². The van der Waals surface area contributed by atoms with Crippen molar-refractivity contribution in [1.82, 2.24) is 20.1 Å². The first kappa shape index (κ1) is 19.9. The minimum Gasteiger partial charge on any atom is -0.455 e. The zero-order chi connectivity index (χ0) is 22.9. The molecule has 3 aromatic carbocycles. The molecule has 7 nitrogen and oxygen atoms in total. The van der Waals surface area contributed by atoms with Gasteiger partial charge in [0.2, 0.25) is 0 Å². The highest BCUT2D eigenvalue weighted by Crippen LogP contribution is 2.33. The molecule has 0 aliphatic heterocycles.